The second kappa shape index (κ2) is 4.18. The van der Waals surface area contributed by atoms with Crippen LogP contribution in [0.3, 0.4) is 0 Å². The summed E-state index contributed by atoms with van der Waals surface area (Å²) >= 11 is 6.14. The average Bonchev–Trinajstić information content (AvgIpc) is 3.10. The number of benzene rings is 1. The number of nitrogens with one attached hydrogen (secondary N) is 1. The van der Waals surface area contributed by atoms with Crippen LogP contribution in [0.4, 0.5) is 8.78 Å². The van der Waals surface area contributed by atoms with Crippen molar-refractivity contribution in [3.8, 4) is 10.6 Å². The summed E-state index contributed by atoms with van der Waals surface area (Å²) in [4.78, 5) is 7.35. The molecule has 1 aromatic carbocycles. The fourth-order valence-electron chi connectivity index (χ4n) is 1.98. The van der Waals surface area contributed by atoms with E-state index in [1.807, 2.05) is 18.2 Å². The van der Waals surface area contributed by atoms with Gasteiger partial charge in [-0.25, -0.2) is 4.98 Å². The second-order valence-corrected chi connectivity index (χ2v) is 5.69. The van der Waals surface area contributed by atoms with Crippen molar-refractivity contribution in [2.75, 3.05) is 0 Å². The van der Waals surface area contributed by atoms with E-state index in [2.05, 4.69) is 25.3 Å². The summed E-state index contributed by atoms with van der Waals surface area (Å²) in [5.74, 6) is -0.690. The van der Waals surface area contributed by atoms with Crippen molar-refractivity contribution in [2.45, 2.75) is 5.38 Å². The van der Waals surface area contributed by atoms with E-state index in [9.17, 15) is 8.78 Å². The molecule has 0 fully saturated rings. The molecule has 1 N–H and O–H groups in total. The number of halogens is 3. The molecule has 0 amide bonds. The van der Waals surface area contributed by atoms with E-state index < -0.39 is 11.2 Å². The van der Waals surface area contributed by atoms with Gasteiger partial charge >= 0.3 is 5.38 Å². The molecule has 6 nitrogen and oxygen atoms in total. The molecule has 0 bridgehead atoms. The van der Waals surface area contributed by atoms with E-state index >= 15 is 0 Å². The summed E-state index contributed by atoms with van der Waals surface area (Å²) in [7, 11) is 0. The van der Waals surface area contributed by atoms with Gasteiger partial charge in [-0.05, 0) is 29.8 Å². The van der Waals surface area contributed by atoms with Crippen LogP contribution in [0.5, 0.6) is 0 Å². The van der Waals surface area contributed by atoms with Gasteiger partial charge in [-0.2, -0.15) is 18.4 Å². The molecule has 0 saturated carbocycles. The Morgan fingerprint density at radius 2 is 2.14 bits per heavy atom. The molecule has 0 aliphatic carbocycles. The van der Waals surface area contributed by atoms with E-state index in [4.69, 9.17) is 11.6 Å². The normalized spacial score (nSPS) is 12.5. The molecule has 106 valence electrons. The maximum absolute atomic E-state index is 13.2. The molecule has 0 spiro atoms. The highest BCUT2D eigenvalue weighted by Gasteiger charge is 2.35. The third kappa shape index (κ3) is 1.96. The number of alkyl halides is 3. The summed E-state index contributed by atoms with van der Waals surface area (Å²) < 4.78 is 27.3. The Hall–Kier alpha value is -2.13. The minimum atomic E-state index is -3.61. The SMILES string of the molecule is FC(F)(Cl)c1nnc2sc(-c3ccc4nc[nH]c4c3)nn12. The van der Waals surface area contributed by atoms with E-state index in [1.54, 1.807) is 6.33 Å². The zero-order valence-electron chi connectivity index (χ0n) is 10.1. The zero-order chi connectivity index (χ0) is 14.6. The highest BCUT2D eigenvalue weighted by atomic mass is 35.5. The lowest BCUT2D eigenvalue weighted by Crippen LogP contribution is -2.10. The van der Waals surface area contributed by atoms with E-state index in [1.165, 1.54) is 0 Å². The Labute approximate surface area is 124 Å². The maximum Gasteiger partial charge on any atom is 0.383 e. The van der Waals surface area contributed by atoms with Gasteiger partial charge in [-0.1, -0.05) is 11.3 Å². The van der Waals surface area contributed by atoms with Gasteiger partial charge in [-0.3, -0.25) is 0 Å². The Kier molecular flexibility index (Phi) is 2.51. The predicted octanol–water partition coefficient (Wildman–Crippen LogP) is 3.02. The Morgan fingerprint density at radius 3 is 2.95 bits per heavy atom. The van der Waals surface area contributed by atoms with E-state index in [0.717, 1.165) is 32.4 Å². The summed E-state index contributed by atoms with van der Waals surface area (Å²) in [6.07, 6.45) is 1.58. The number of aromatic nitrogens is 6. The van der Waals surface area contributed by atoms with Gasteiger partial charge in [0, 0.05) is 5.56 Å². The summed E-state index contributed by atoms with van der Waals surface area (Å²) in [5, 5.41) is 8.07. The van der Waals surface area contributed by atoms with Crippen LogP contribution >= 0.6 is 22.9 Å². The van der Waals surface area contributed by atoms with Crippen molar-refractivity contribution >= 4 is 38.9 Å². The first-order valence-corrected chi connectivity index (χ1v) is 6.95. The molecule has 0 unspecified atom stereocenters. The summed E-state index contributed by atoms with van der Waals surface area (Å²) in [6, 6.07) is 5.47. The molecular formula is C11H5ClF2N6S. The van der Waals surface area contributed by atoms with Gasteiger partial charge < -0.3 is 4.98 Å². The van der Waals surface area contributed by atoms with Crippen LogP contribution in [0.1, 0.15) is 5.82 Å². The Bertz CT molecular complexity index is 952. The molecule has 3 heterocycles. The lowest BCUT2D eigenvalue weighted by Gasteiger charge is -2.02. The van der Waals surface area contributed by atoms with Crippen molar-refractivity contribution in [1.82, 2.24) is 29.8 Å². The third-order valence-electron chi connectivity index (χ3n) is 2.91. The highest BCUT2D eigenvalue weighted by Crippen LogP contribution is 2.33. The van der Waals surface area contributed by atoms with Crippen molar-refractivity contribution in [3.05, 3.63) is 30.4 Å². The minimum Gasteiger partial charge on any atom is -0.345 e. The monoisotopic (exact) mass is 326 g/mol. The van der Waals surface area contributed by atoms with Crippen LogP contribution in [0.15, 0.2) is 24.5 Å². The summed E-state index contributed by atoms with van der Waals surface area (Å²) in [6.45, 7) is 0. The number of imidazole rings is 1. The van der Waals surface area contributed by atoms with Gasteiger partial charge in [0.1, 0.15) is 5.01 Å². The lowest BCUT2D eigenvalue weighted by molar-refractivity contribution is 0.0821. The van der Waals surface area contributed by atoms with Crippen LogP contribution in [0.25, 0.3) is 26.6 Å². The van der Waals surface area contributed by atoms with Gasteiger partial charge in [0.15, 0.2) is 0 Å². The summed E-state index contributed by atoms with van der Waals surface area (Å²) in [5.41, 5.74) is 2.42. The number of hydrogen-bond donors (Lipinski definition) is 1. The molecule has 4 aromatic rings. The number of fused-ring (bicyclic) bond motifs is 2. The first kappa shape index (κ1) is 12.6. The molecule has 4 rings (SSSR count). The predicted molar refractivity (Wildman–Crippen MR) is 73.5 cm³/mol. The van der Waals surface area contributed by atoms with Crippen LogP contribution in [0.2, 0.25) is 0 Å². The average molecular weight is 327 g/mol. The van der Waals surface area contributed by atoms with Crippen molar-refractivity contribution in [3.63, 3.8) is 0 Å². The number of H-pyrrole nitrogens is 1. The van der Waals surface area contributed by atoms with Gasteiger partial charge in [0.25, 0.3) is 0 Å². The minimum absolute atomic E-state index is 0.255. The molecule has 0 aliphatic heterocycles. The molecule has 10 heteroatoms. The Morgan fingerprint density at radius 1 is 1.29 bits per heavy atom. The van der Waals surface area contributed by atoms with Crippen molar-refractivity contribution < 1.29 is 8.78 Å². The molecular weight excluding hydrogens is 322 g/mol. The smallest absolute Gasteiger partial charge is 0.345 e. The van der Waals surface area contributed by atoms with Gasteiger partial charge in [0.2, 0.25) is 10.8 Å². The standard InChI is InChI=1S/C11H5ClF2N6S/c12-11(13,14)9-17-18-10-20(9)19-8(21-10)5-1-2-6-7(3-5)16-4-15-6/h1-4H,(H,15,16). The number of aromatic amines is 1. The molecule has 21 heavy (non-hydrogen) atoms. The first-order valence-electron chi connectivity index (χ1n) is 5.75. The zero-order valence-corrected chi connectivity index (χ0v) is 11.7. The van der Waals surface area contributed by atoms with Gasteiger partial charge in [-0.15, -0.1) is 10.2 Å². The molecule has 0 saturated heterocycles. The van der Waals surface area contributed by atoms with E-state index in [0.29, 0.717) is 5.01 Å². The van der Waals surface area contributed by atoms with Crippen molar-refractivity contribution in [2.24, 2.45) is 0 Å². The van der Waals surface area contributed by atoms with Gasteiger partial charge in [0.05, 0.1) is 17.4 Å². The third-order valence-corrected chi connectivity index (χ3v) is 4.03. The lowest BCUT2D eigenvalue weighted by atomic mass is 10.2. The molecule has 0 atom stereocenters. The second-order valence-electron chi connectivity index (χ2n) is 4.26. The molecule has 3 aromatic heterocycles. The topological polar surface area (TPSA) is 71.8 Å². The number of nitrogens with zero attached hydrogens (tertiary/aromatic N) is 5. The first-order chi connectivity index (χ1) is 10.0. The number of rotatable bonds is 2. The highest BCUT2D eigenvalue weighted by molar-refractivity contribution is 7.19. The number of hydrogen-bond acceptors (Lipinski definition) is 5. The molecule has 0 radical (unpaired) electrons. The van der Waals surface area contributed by atoms with Crippen LogP contribution < -0.4 is 0 Å². The fourth-order valence-corrected chi connectivity index (χ4v) is 2.93. The van der Waals surface area contributed by atoms with Crippen LogP contribution in [-0.2, 0) is 5.38 Å². The Balaban J connectivity index is 1.88. The maximum atomic E-state index is 13.2. The van der Waals surface area contributed by atoms with Crippen LogP contribution in [-0.4, -0.2) is 29.8 Å². The van der Waals surface area contributed by atoms with E-state index in [-0.39, 0.29) is 4.96 Å². The fraction of sp³-hybridized carbons (Fsp3) is 0.0909. The van der Waals surface area contributed by atoms with Crippen LogP contribution in [0, 0.1) is 0 Å². The largest absolute Gasteiger partial charge is 0.383 e. The molecule has 0 aliphatic rings. The quantitative estimate of drug-likeness (QED) is 0.575. The van der Waals surface area contributed by atoms with Crippen molar-refractivity contribution in [1.29, 1.82) is 0 Å².